The zero-order valence-electron chi connectivity index (χ0n) is 17.1. The standard InChI is InChI=1S/C22H31N3O2S/c1-5-25(6-2)18(17-11-8-7-9-12-17)15-23-22(27)20(16(3)4)24-21(26)19-13-10-14-28-19/h7-14,16,18,20H,5-6,15H2,1-4H3,(H,23,27)(H,24,26). The number of nitrogens with zero attached hydrogens (tertiary/aromatic N) is 1. The summed E-state index contributed by atoms with van der Waals surface area (Å²) >= 11 is 1.37. The fraction of sp³-hybridized carbons (Fsp3) is 0.455. The lowest BCUT2D eigenvalue weighted by molar-refractivity contribution is -0.124. The van der Waals surface area contributed by atoms with Gasteiger partial charge in [-0.1, -0.05) is 64.1 Å². The molecule has 0 aliphatic rings. The normalized spacial score (nSPS) is 13.4. The van der Waals surface area contributed by atoms with Crippen LogP contribution in [0.2, 0.25) is 0 Å². The summed E-state index contributed by atoms with van der Waals surface area (Å²) in [6.45, 7) is 10.4. The number of carbonyl (C=O) groups excluding carboxylic acids is 2. The third-order valence-electron chi connectivity index (χ3n) is 4.89. The van der Waals surface area contributed by atoms with E-state index in [2.05, 4.69) is 41.5 Å². The van der Waals surface area contributed by atoms with Crippen molar-refractivity contribution in [3.05, 3.63) is 58.3 Å². The van der Waals surface area contributed by atoms with Crippen LogP contribution in [0.15, 0.2) is 47.8 Å². The molecule has 0 radical (unpaired) electrons. The first kappa shape index (κ1) is 22.1. The molecule has 0 bridgehead atoms. The number of hydrogen-bond acceptors (Lipinski definition) is 4. The maximum Gasteiger partial charge on any atom is 0.262 e. The Morgan fingerprint density at radius 1 is 1.04 bits per heavy atom. The molecule has 0 aliphatic heterocycles. The molecule has 2 rings (SSSR count). The van der Waals surface area contributed by atoms with Gasteiger partial charge in [-0.3, -0.25) is 14.5 Å². The molecule has 5 nitrogen and oxygen atoms in total. The summed E-state index contributed by atoms with van der Waals surface area (Å²) in [6, 6.07) is 13.3. The van der Waals surface area contributed by atoms with Crippen molar-refractivity contribution in [3.63, 3.8) is 0 Å². The molecular weight excluding hydrogens is 370 g/mol. The second-order valence-electron chi connectivity index (χ2n) is 7.07. The number of rotatable bonds is 10. The van der Waals surface area contributed by atoms with Crippen molar-refractivity contribution in [1.29, 1.82) is 0 Å². The Morgan fingerprint density at radius 3 is 2.25 bits per heavy atom. The van der Waals surface area contributed by atoms with Crippen LogP contribution < -0.4 is 10.6 Å². The Morgan fingerprint density at radius 2 is 1.71 bits per heavy atom. The number of thiophene rings is 1. The van der Waals surface area contributed by atoms with Crippen molar-refractivity contribution < 1.29 is 9.59 Å². The Bertz CT molecular complexity index is 728. The van der Waals surface area contributed by atoms with Crippen LogP contribution in [0, 0.1) is 5.92 Å². The summed E-state index contributed by atoms with van der Waals surface area (Å²) in [7, 11) is 0. The quantitative estimate of drug-likeness (QED) is 0.638. The van der Waals surface area contributed by atoms with E-state index >= 15 is 0 Å². The van der Waals surface area contributed by atoms with Gasteiger partial charge in [0.15, 0.2) is 0 Å². The highest BCUT2D eigenvalue weighted by molar-refractivity contribution is 7.12. The van der Waals surface area contributed by atoms with Crippen LogP contribution in [0.1, 0.15) is 49.0 Å². The third kappa shape index (κ3) is 5.91. The zero-order chi connectivity index (χ0) is 20.5. The molecule has 2 unspecified atom stereocenters. The van der Waals surface area contributed by atoms with Gasteiger partial charge >= 0.3 is 0 Å². The van der Waals surface area contributed by atoms with E-state index in [-0.39, 0.29) is 23.8 Å². The molecule has 1 heterocycles. The summed E-state index contributed by atoms with van der Waals surface area (Å²) in [5.74, 6) is -0.354. The van der Waals surface area contributed by atoms with E-state index in [4.69, 9.17) is 0 Å². The van der Waals surface area contributed by atoms with Crippen molar-refractivity contribution in [2.24, 2.45) is 5.92 Å². The molecule has 6 heteroatoms. The second-order valence-corrected chi connectivity index (χ2v) is 8.01. The lowest BCUT2D eigenvalue weighted by Gasteiger charge is -2.31. The molecule has 2 aromatic rings. The lowest BCUT2D eigenvalue weighted by atomic mass is 10.0. The van der Waals surface area contributed by atoms with E-state index in [1.165, 1.54) is 16.9 Å². The van der Waals surface area contributed by atoms with Crippen LogP contribution in [0.25, 0.3) is 0 Å². The van der Waals surface area contributed by atoms with Gasteiger partial charge in [0.1, 0.15) is 6.04 Å². The minimum atomic E-state index is -0.567. The Hall–Kier alpha value is -2.18. The number of nitrogens with one attached hydrogen (secondary N) is 2. The van der Waals surface area contributed by atoms with Crippen molar-refractivity contribution in [3.8, 4) is 0 Å². The van der Waals surface area contributed by atoms with Gasteiger partial charge in [0, 0.05) is 6.54 Å². The number of likely N-dealkylation sites (N-methyl/N-ethyl adjacent to an activating group) is 1. The summed E-state index contributed by atoms with van der Waals surface area (Å²) < 4.78 is 0. The molecule has 2 amide bonds. The molecule has 2 atom stereocenters. The summed E-state index contributed by atoms with van der Waals surface area (Å²) in [4.78, 5) is 28.2. The van der Waals surface area contributed by atoms with Crippen molar-refractivity contribution >= 4 is 23.2 Å². The van der Waals surface area contributed by atoms with E-state index in [0.29, 0.717) is 11.4 Å². The molecule has 1 aromatic carbocycles. The van der Waals surface area contributed by atoms with Crippen molar-refractivity contribution in [1.82, 2.24) is 15.5 Å². The Kier molecular flexibility index (Phi) is 8.67. The molecule has 1 aromatic heterocycles. The van der Waals surface area contributed by atoms with Gasteiger partial charge in [-0.25, -0.2) is 0 Å². The van der Waals surface area contributed by atoms with E-state index in [1.54, 1.807) is 6.07 Å². The summed E-state index contributed by atoms with van der Waals surface area (Å²) in [5.41, 5.74) is 1.18. The predicted octanol–water partition coefficient (Wildman–Crippen LogP) is 3.70. The Labute approximate surface area is 172 Å². The number of amides is 2. The fourth-order valence-corrected chi connectivity index (χ4v) is 3.89. The predicted molar refractivity (Wildman–Crippen MR) is 116 cm³/mol. The topological polar surface area (TPSA) is 61.4 Å². The van der Waals surface area contributed by atoms with Gasteiger partial charge in [0.05, 0.1) is 10.9 Å². The number of hydrogen-bond donors (Lipinski definition) is 2. The largest absolute Gasteiger partial charge is 0.352 e. The maximum absolute atomic E-state index is 12.9. The van der Waals surface area contributed by atoms with Crippen LogP contribution in [0.5, 0.6) is 0 Å². The van der Waals surface area contributed by atoms with E-state index < -0.39 is 6.04 Å². The van der Waals surface area contributed by atoms with E-state index in [0.717, 1.165) is 13.1 Å². The van der Waals surface area contributed by atoms with Gasteiger partial charge < -0.3 is 10.6 Å². The fourth-order valence-electron chi connectivity index (χ4n) is 3.26. The van der Waals surface area contributed by atoms with Crippen molar-refractivity contribution in [2.75, 3.05) is 19.6 Å². The molecule has 0 spiro atoms. The minimum Gasteiger partial charge on any atom is -0.352 e. The number of benzene rings is 1. The van der Waals surface area contributed by atoms with Gasteiger partial charge in [0.25, 0.3) is 5.91 Å². The summed E-state index contributed by atoms with van der Waals surface area (Å²) in [5, 5.41) is 7.81. The van der Waals surface area contributed by atoms with Gasteiger partial charge in [-0.2, -0.15) is 0 Å². The first-order valence-corrected chi connectivity index (χ1v) is 10.8. The molecule has 2 N–H and O–H groups in total. The molecule has 0 fully saturated rings. The van der Waals surface area contributed by atoms with Crippen LogP contribution in [0.3, 0.4) is 0 Å². The zero-order valence-corrected chi connectivity index (χ0v) is 18.0. The summed E-state index contributed by atoms with van der Waals surface area (Å²) in [6.07, 6.45) is 0. The van der Waals surface area contributed by atoms with Crippen molar-refractivity contribution in [2.45, 2.75) is 39.8 Å². The SMILES string of the molecule is CCN(CC)C(CNC(=O)C(NC(=O)c1cccs1)C(C)C)c1ccccc1. The van der Waals surface area contributed by atoms with E-state index in [9.17, 15) is 9.59 Å². The van der Waals surface area contributed by atoms with E-state index in [1.807, 2.05) is 43.5 Å². The van der Waals surface area contributed by atoms with Crippen LogP contribution in [-0.2, 0) is 4.79 Å². The molecule has 0 aliphatic carbocycles. The highest BCUT2D eigenvalue weighted by atomic mass is 32.1. The van der Waals surface area contributed by atoms with Crippen LogP contribution in [-0.4, -0.2) is 42.4 Å². The van der Waals surface area contributed by atoms with Gasteiger partial charge in [-0.05, 0) is 36.0 Å². The molecule has 0 saturated carbocycles. The molecule has 0 saturated heterocycles. The highest BCUT2D eigenvalue weighted by Gasteiger charge is 2.26. The maximum atomic E-state index is 12.9. The van der Waals surface area contributed by atoms with Gasteiger partial charge in [0.2, 0.25) is 5.91 Å². The number of carbonyl (C=O) groups is 2. The molecule has 28 heavy (non-hydrogen) atoms. The first-order chi connectivity index (χ1) is 13.5. The third-order valence-corrected chi connectivity index (χ3v) is 5.76. The van der Waals surface area contributed by atoms with Crippen LogP contribution in [0.4, 0.5) is 0 Å². The average Bonchev–Trinajstić information content (AvgIpc) is 3.24. The molecule has 152 valence electrons. The minimum absolute atomic E-state index is 0.00691. The second kappa shape index (κ2) is 11.0. The monoisotopic (exact) mass is 401 g/mol. The first-order valence-electron chi connectivity index (χ1n) is 9.88. The smallest absolute Gasteiger partial charge is 0.262 e. The molecular formula is C22H31N3O2S. The Balaban J connectivity index is 2.07. The lowest BCUT2D eigenvalue weighted by Crippen LogP contribution is -2.51. The van der Waals surface area contributed by atoms with Gasteiger partial charge in [-0.15, -0.1) is 11.3 Å². The average molecular weight is 402 g/mol. The van der Waals surface area contributed by atoms with Crippen LogP contribution >= 0.6 is 11.3 Å². The highest BCUT2D eigenvalue weighted by Crippen LogP contribution is 2.19.